The van der Waals surface area contributed by atoms with Crippen molar-refractivity contribution in [2.24, 2.45) is 5.92 Å². The van der Waals surface area contributed by atoms with E-state index in [0.717, 1.165) is 0 Å². The second-order valence-corrected chi connectivity index (χ2v) is 6.97. The molecule has 1 N–H and O–H groups in total. The zero-order valence-electron chi connectivity index (χ0n) is 11.7. The van der Waals surface area contributed by atoms with Gasteiger partial charge in [-0.15, -0.1) is 0 Å². The average Bonchev–Trinajstić information content (AvgIpc) is 2.96. The molecule has 0 radical (unpaired) electrons. The molecule has 1 heterocycles. The van der Waals surface area contributed by atoms with Gasteiger partial charge >= 0.3 is 0 Å². The summed E-state index contributed by atoms with van der Waals surface area (Å²) in [7, 11) is -2.03. The summed E-state index contributed by atoms with van der Waals surface area (Å²) in [5, 5.41) is 11.4. The lowest BCUT2D eigenvalue weighted by Crippen LogP contribution is -2.30. The molecule has 6 nitrogen and oxygen atoms in total. The summed E-state index contributed by atoms with van der Waals surface area (Å²) in [5.41, 5.74) is 0.317. The highest BCUT2D eigenvalue weighted by Gasteiger charge is 2.33. The Morgan fingerprint density at radius 1 is 1.52 bits per heavy atom. The molecule has 0 spiro atoms. The summed E-state index contributed by atoms with van der Waals surface area (Å²) in [5.74, 6) is -0.0374. The lowest BCUT2D eigenvalue weighted by molar-refractivity contribution is -0.121. The van der Waals surface area contributed by atoms with Crippen LogP contribution in [0.25, 0.3) is 0 Å². The van der Waals surface area contributed by atoms with Gasteiger partial charge in [0.2, 0.25) is 15.9 Å². The van der Waals surface area contributed by atoms with E-state index in [9.17, 15) is 13.2 Å². The van der Waals surface area contributed by atoms with Gasteiger partial charge in [0.05, 0.1) is 16.5 Å². The summed E-state index contributed by atoms with van der Waals surface area (Å²) in [6.45, 7) is 0.743. The molecule has 0 saturated carbocycles. The predicted molar refractivity (Wildman–Crippen MR) is 76.7 cm³/mol. The van der Waals surface area contributed by atoms with Crippen molar-refractivity contribution in [1.82, 2.24) is 9.62 Å². The van der Waals surface area contributed by atoms with Crippen LogP contribution in [0.5, 0.6) is 0 Å². The van der Waals surface area contributed by atoms with Crippen molar-refractivity contribution in [2.75, 3.05) is 20.1 Å². The van der Waals surface area contributed by atoms with Gasteiger partial charge in [0.1, 0.15) is 0 Å². The second kappa shape index (κ2) is 6.24. The standard InChI is InChI=1S/C14H17N3O3S/c1-16-14(18)8-12-5-6-17(10-12)21(19,20)13-4-2-3-11(7-13)9-15/h2-4,7,12H,5-6,8,10H2,1H3,(H,16,18). The molecule has 1 fully saturated rings. The van der Waals surface area contributed by atoms with Crippen molar-refractivity contribution in [1.29, 1.82) is 5.26 Å². The number of nitriles is 1. The van der Waals surface area contributed by atoms with E-state index >= 15 is 0 Å². The number of nitrogens with one attached hydrogen (secondary N) is 1. The summed E-state index contributed by atoms with van der Waals surface area (Å²) < 4.78 is 26.4. The average molecular weight is 307 g/mol. The third-order valence-corrected chi connectivity index (χ3v) is 5.46. The predicted octanol–water partition coefficient (Wildman–Crippen LogP) is 0.705. The minimum atomic E-state index is -3.60. The number of carbonyl (C=O) groups is 1. The molecule has 21 heavy (non-hydrogen) atoms. The molecule has 1 amide bonds. The molecule has 1 aliphatic rings. The second-order valence-electron chi connectivity index (χ2n) is 5.03. The van der Waals surface area contributed by atoms with E-state index in [1.807, 2.05) is 6.07 Å². The fourth-order valence-corrected chi connectivity index (χ4v) is 4.00. The molecule has 0 bridgehead atoms. The van der Waals surface area contributed by atoms with E-state index in [-0.39, 0.29) is 16.7 Å². The molecule has 0 aromatic heterocycles. The zero-order chi connectivity index (χ0) is 15.5. The van der Waals surface area contributed by atoms with Crippen molar-refractivity contribution in [2.45, 2.75) is 17.7 Å². The Hall–Kier alpha value is -1.91. The molecule has 2 rings (SSSR count). The Bertz CT molecular complexity index is 679. The summed E-state index contributed by atoms with van der Waals surface area (Å²) in [6, 6.07) is 7.93. The van der Waals surface area contributed by atoms with Crippen LogP contribution in [0.4, 0.5) is 0 Å². The summed E-state index contributed by atoms with van der Waals surface area (Å²) in [6.07, 6.45) is 1.01. The quantitative estimate of drug-likeness (QED) is 0.886. The maximum atomic E-state index is 12.5. The fraction of sp³-hybridized carbons (Fsp3) is 0.429. The third-order valence-electron chi connectivity index (χ3n) is 3.60. The normalized spacial score (nSPS) is 19.1. The number of amides is 1. The van der Waals surface area contributed by atoms with E-state index in [2.05, 4.69) is 5.32 Å². The molecular formula is C14H17N3O3S. The first-order chi connectivity index (χ1) is 9.97. The zero-order valence-corrected chi connectivity index (χ0v) is 12.6. The van der Waals surface area contributed by atoms with Crippen LogP contribution >= 0.6 is 0 Å². The van der Waals surface area contributed by atoms with Gasteiger partial charge in [-0.1, -0.05) is 6.07 Å². The van der Waals surface area contributed by atoms with Gasteiger partial charge in [0.15, 0.2) is 0 Å². The molecule has 1 unspecified atom stereocenters. The topological polar surface area (TPSA) is 90.3 Å². The Balaban J connectivity index is 2.14. The minimum absolute atomic E-state index is 0.0406. The largest absolute Gasteiger partial charge is 0.359 e. The van der Waals surface area contributed by atoms with Crippen LogP contribution in [-0.2, 0) is 14.8 Å². The number of carbonyl (C=O) groups excluding carboxylic acids is 1. The molecule has 7 heteroatoms. The first-order valence-corrected chi connectivity index (χ1v) is 8.12. The van der Waals surface area contributed by atoms with Gasteiger partial charge in [0.25, 0.3) is 0 Å². The Morgan fingerprint density at radius 2 is 2.29 bits per heavy atom. The van der Waals surface area contributed by atoms with Gasteiger partial charge < -0.3 is 5.32 Å². The number of rotatable bonds is 4. The monoisotopic (exact) mass is 307 g/mol. The Kier molecular flexibility index (Phi) is 4.60. The van der Waals surface area contributed by atoms with Crippen LogP contribution in [0.2, 0.25) is 0 Å². The van der Waals surface area contributed by atoms with Crippen molar-refractivity contribution in [3.05, 3.63) is 29.8 Å². The van der Waals surface area contributed by atoms with Crippen molar-refractivity contribution < 1.29 is 13.2 Å². The molecule has 1 aliphatic heterocycles. The van der Waals surface area contributed by atoms with Gasteiger partial charge in [-0.05, 0) is 30.5 Å². The third kappa shape index (κ3) is 3.40. The highest BCUT2D eigenvalue weighted by Crippen LogP contribution is 2.26. The van der Waals surface area contributed by atoms with E-state index in [1.165, 1.54) is 16.4 Å². The van der Waals surface area contributed by atoms with Crippen molar-refractivity contribution in [3.8, 4) is 6.07 Å². The van der Waals surface area contributed by atoms with Gasteiger partial charge in [-0.2, -0.15) is 9.57 Å². The fourth-order valence-electron chi connectivity index (χ4n) is 2.42. The minimum Gasteiger partial charge on any atom is -0.359 e. The molecule has 1 aromatic rings. The number of nitrogens with zero attached hydrogens (tertiary/aromatic N) is 2. The molecule has 0 aliphatic carbocycles. The van der Waals surface area contributed by atoms with E-state index < -0.39 is 10.0 Å². The van der Waals surface area contributed by atoms with Crippen molar-refractivity contribution >= 4 is 15.9 Å². The van der Waals surface area contributed by atoms with E-state index in [0.29, 0.717) is 31.5 Å². The molecule has 1 saturated heterocycles. The van der Waals surface area contributed by atoms with Crippen LogP contribution in [0.1, 0.15) is 18.4 Å². The summed E-state index contributed by atoms with van der Waals surface area (Å²) in [4.78, 5) is 11.5. The van der Waals surface area contributed by atoms with Gasteiger partial charge in [0, 0.05) is 26.6 Å². The highest BCUT2D eigenvalue weighted by molar-refractivity contribution is 7.89. The number of hydrogen-bond donors (Lipinski definition) is 1. The SMILES string of the molecule is CNC(=O)CC1CCN(S(=O)(=O)c2cccc(C#N)c2)C1. The first kappa shape index (κ1) is 15.5. The van der Waals surface area contributed by atoms with Crippen LogP contribution in [-0.4, -0.2) is 38.8 Å². The van der Waals surface area contributed by atoms with Crippen LogP contribution < -0.4 is 5.32 Å². The van der Waals surface area contributed by atoms with E-state index in [4.69, 9.17) is 5.26 Å². The van der Waals surface area contributed by atoms with Crippen LogP contribution in [0, 0.1) is 17.2 Å². The Morgan fingerprint density at radius 3 is 2.95 bits per heavy atom. The highest BCUT2D eigenvalue weighted by atomic mass is 32.2. The molecule has 112 valence electrons. The molecule has 1 atom stereocenters. The van der Waals surface area contributed by atoms with Gasteiger partial charge in [-0.3, -0.25) is 4.79 Å². The van der Waals surface area contributed by atoms with Crippen LogP contribution in [0.15, 0.2) is 29.2 Å². The van der Waals surface area contributed by atoms with Crippen molar-refractivity contribution in [3.63, 3.8) is 0 Å². The number of sulfonamides is 1. The molecule has 1 aromatic carbocycles. The lowest BCUT2D eigenvalue weighted by Gasteiger charge is -2.16. The number of hydrogen-bond acceptors (Lipinski definition) is 4. The number of benzene rings is 1. The Labute approximate surface area is 124 Å². The maximum absolute atomic E-state index is 12.5. The molecular weight excluding hydrogens is 290 g/mol. The summed E-state index contributed by atoms with van der Waals surface area (Å²) >= 11 is 0. The first-order valence-electron chi connectivity index (χ1n) is 6.68. The van der Waals surface area contributed by atoms with Crippen LogP contribution in [0.3, 0.4) is 0 Å². The maximum Gasteiger partial charge on any atom is 0.243 e. The smallest absolute Gasteiger partial charge is 0.243 e. The van der Waals surface area contributed by atoms with E-state index in [1.54, 1.807) is 19.2 Å². The lowest BCUT2D eigenvalue weighted by atomic mass is 10.1. The van der Waals surface area contributed by atoms with Gasteiger partial charge in [-0.25, -0.2) is 8.42 Å².